The predicted octanol–water partition coefficient (Wildman–Crippen LogP) is 10.6. The van der Waals surface area contributed by atoms with Crippen molar-refractivity contribution in [3.8, 4) is 0 Å². The predicted molar refractivity (Wildman–Crippen MR) is 234 cm³/mol. The highest BCUT2D eigenvalue weighted by Gasteiger charge is 2.21. The van der Waals surface area contributed by atoms with Gasteiger partial charge in [0.15, 0.2) is 0 Å². The average molecular weight is 842 g/mol. The van der Waals surface area contributed by atoms with Crippen LogP contribution in [0.3, 0.4) is 0 Å². The Morgan fingerprint density at radius 1 is 0.589 bits per heavy atom. The molecule has 4 heterocycles. The van der Waals surface area contributed by atoms with Gasteiger partial charge in [-0.2, -0.15) is 0 Å². The topological polar surface area (TPSA) is 99.7 Å². The Labute approximate surface area is 349 Å². The normalized spacial score (nSPS) is 14.4. The number of thiophene rings is 2. The summed E-state index contributed by atoms with van der Waals surface area (Å²) in [4.78, 5) is 23.2. The van der Waals surface area contributed by atoms with Gasteiger partial charge in [-0.05, 0) is 138 Å². The Kier molecular flexibility index (Phi) is 16.6. The first-order chi connectivity index (χ1) is 26.4. The summed E-state index contributed by atoms with van der Waals surface area (Å²) < 4.78 is 26.7. The number of benzene rings is 2. The van der Waals surface area contributed by atoms with Crippen LogP contribution in [0.25, 0.3) is 20.4 Å². The zero-order chi connectivity index (χ0) is 37.3. The van der Waals surface area contributed by atoms with Gasteiger partial charge >= 0.3 is 0 Å². The Morgan fingerprint density at radius 2 is 1.02 bits per heavy atom. The number of halogens is 4. The molecule has 6 aromatic rings. The molecule has 0 spiro atoms. The monoisotopic (exact) mass is 840 g/mol. The van der Waals surface area contributed by atoms with Crippen molar-refractivity contribution in [3.05, 3.63) is 105 Å². The average Bonchev–Trinajstić information content (AvgIpc) is 3.77. The van der Waals surface area contributed by atoms with Gasteiger partial charge in [-0.3, -0.25) is 0 Å². The summed E-state index contributed by atoms with van der Waals surface area (Å²) in [5.41, 5.74) is 4.88. The Balaban J connectivity index is 0.000000207. The van der Waals surface area contributed by atoms with Gasteiger partial charge in [0.25, 0.3) is 0 Å². The Bertz CT molecular complexity index is 2010. The minimum Gasteiger partial charge on any atom is -0.369 e. The maximum absolute atomic E-state index is 13.3. The first-order valence-electron chi connectivity index (χ1n) is 19.4. The molecule has 0 amide bonds. The van der Waals surface area contributed by atoms with Gasteiger partial charge in [-0.25, -0.2) is 28.7 Å². The van der Waals surface area contributed by atoms with Gasteiger partial charge in [0.05, 0.1) is 10.8 Å². The van der Waals surface area contributed by atoms with Crippen molar-refractivity contribution in [2.45, 2.75) is 90.1 Å². The van der Waals surface area contributed by atoms with Crippen LogP contribution in [0.4, 0.5) is 20.4 Å². The SMILES string of the molecule is CC(NCCCNc1ncnc2sc3c(c12)CCCC3)c1cccc(F)c1.CC(NCCCNc1ncnc2sc3c(c12)CCCC3)c1cccc(F)c1.Cl.Cl. The summed E-state index contributed by atoms with van der Waals surface area (Å²) in [5.74, 6) is 1.57. The maximum atomic E-state index is 13.3. The molecule has 0 bridgehead atoms. The van der Waals surface area contributed by atoms with E-state index in [1.165, 1.54) is 82.3 Å². The molecule has 0 saturated carbocycles. The van der Waals surface area contributed by atoms with E-state index in [1.807, 2.05) is 34.8 Å². The summed E-state index contributed by atoms with van der Waals surface area (Å²) in [6, 6.07) is 13.8. The Hall–Kier alpha value is -3.52. The summed E-state index contributed by atoms with van der Waals surface area (Å²) in [6.07, 6.45) is 15.0. The van der Waals surface area contributed by atoms with E-state index in [4.69, 9.17) is 0 Å². The molecule has 300 valence electrons. The lowest BCUT2D eigenvalue weighted by molar-refractivity contribution is 0.557. The molecule has 4 N–H and O–H groups in total. The van der Waals surface area contributed by atoms with E-state index in [-0.39, 0.29) is 48.5 Å². The maximum Gasteiger partial charge on any atom is 0.138 e. The molecule has 8 nitrogen and oxygen atoms in total. The van der Waals surface area contributed by atoms with Crippen LogP contribution in [-0.2, 0) is 25.7 Å². The number of nitrogens with one attached hydrogen (secondary N) is 4. The number of hydrogen-bond donors (Lipinski definition) is 4. The molecule has 4 aromatic heterocycles. The van der Waals surface area contributed by atoms with Crippen LogP contribution in [0, 0.1) is 11.6 Å². The van der Waals surface area contributed by atoms with Crippen molar-refractivity contribution in [1.29, 1.82) is 0 Å². The highest BCUT2D eigenvalue weighted by Crippen LogP contribution is 2.39. The van der Waals surface area contributed by atoms with E-state index in [9.17, 15) is 8.78 Å². The fourth-order valence-corrected chi connectivity index (χ4v) is 9.92. The van der Waals surface area contributed by atoms with Crippen LogP contribution in [0.5, 0.6) is 0 Å². The third kappa shape index (κ3) is 10.9. The van der Waals surface area contributed by atoms with Crippen molar-refractivity contribution in [2.75, 3.05) is 36.8 Å². The van der Waals surface area contributed by atoms with Crippen LogP contribution < -0.4 is 21.3 Å². The van der Waals surface area contributed by atoms with Crippen molar-refractivity contribution in [3.63, 3.8) is 0 Å². The fraction of sp³-hybridized carbons (Fsp3) is 0.429. The molecule has 2 aliphatic carbocycles. The highest BCUT2D eigenvalue weighted by atomic mass is 35.5. The lowest BCUT2D eigenvalue weighted by Gasteiger charge is -2.15. The van der Waals surface area contributed by atoms with Crippen LogP contribution in [0.15, 0.2) is 61.2 Å². The van der Waals surface area contributed by atoms with Crippen molar-refractivity contribution >= 4 is 79.6 Å². The third-order valence-electron chi connectivity index (χ3n) is 10.4. The molecule has 0 aliphatic heterocycles. The molecular weight excluding hydrogens is 790 g/mol. The quantitative estimate of drug-likeness (QED) is 0.0805. The van der Waals surface area contributed by atoms with E-state index in [0.29, 0.717) is 0 Å². The molecule has 0 fully saturated rings. The molecule has 2 unspecified atom stereocenters. The van der Waals surface area contributed by atoms with E-state index in [1.54, 1.807) is 36.9 Å². The summed E-state index contributed by atoms with van der Waals surface area (Å²) >= 11 is 3.65. The second-order valence-electron chi connectivity index (χ2n) is 14.2. The molecule has 0 radical (unpaired) electrons. The van der Waals surface area contributed by atoms with Gasteiger partial charge in [0.2, 0.25) is 0 Å². The number of nitrogens with zero attached hydrogens (tertiary/aromatic N) is 4. The summed E-state index contributed by atoms with van der Waals surface area (Å²) in [6.45, 7) is 7.54. The molecule has 2 atom stereocenters. The zero-order valence-electron chi connectivity index (χ0n) is 32.0. The minimum absolute atomic E-state index is 0. The van der Waals surface area contributed by atoms with Crippen LogP contribution in [-0.4, -0.2) is 46.1 Å². The summed E-state index contributed by atoms with van der Waals surface area (Å²) in [7, 11) is 0. The summed E-state index contributed by atoms with van der Waals surface area (Å²) in [5, 5.41) is 16.4. The molecular formula is C42H52Cl2F2N8S2. The number of hydrogen-bond acceptors (Lipinski definition) is 10. The van der Waals surface area contributed by atoms with Gasteiger partial charge in [0, 0.05) is 34.9 Å². The molecule has 2 aliphatic rings. The van der Waals surface area contributed by atoms with Crippen molar-refractivity contribution in [1.82, 2.24) is 30.6 Å². The van der Waals surface area contributed by atoms with E-state index < -0.39 is 0 Å². The minimum atomic E-state index is -0.185. The highest BCUT2D eigenvalue weighted by molar-refractivity contribution is 7.19. The standard InChI is InChI=1S/2C21H25FN4S.2ClH/c2*1-14(15-6-4-7-16(22)12-15)23-10-5-11-24-20-19-17-8-2-3-9-18(17)27-21(19)26-13-25-20;;/h2*4,6-7,12-14,23H,2-3,5,8-11H2,1H3,(H,24,25,26);2*1H. The molecule has 56 heavy (non-hydrogen) atoms. The smallest absolute Gasteiger partial charge is 0.138 e. The lowest BCUT2D eigenvalue weighted by atomic mass is 9.97. The van der Waals surface area contributed by atoms with Gasteiger partial charge in [0.1, 0.15) is 45.6 Å². The van der Waals surface area contributed by atoms with Gasteiger partial charge in [-0.1, -0.05) is 24.3 Å². The second-order valence-corrected chi connectivity index (χ2v) is 16.4. The number of fused-ring (bicyclic) bond motifs is 6. The number of aromatic nitrogens is 4. The second kappa shape index (κ2) is 21.3. The molecule has 2 aromatic carbocycles. The first kappa shape index (κ1) is 43.6. The zero-order valence-corrected chi connectivity index (χ0v) is 35.3. The van der Waals surface area contributed by atoms with Crippen LogP contribution in [0.1, 0.15) is 96.5 Å². The fourth-order valence-electron chi connectivity index (χ4n) is 7.46. The third-order valence-corrected chi connectivity index (χ3v) is 12.8. The van der Waals surface area contributed by atoms with Crippen LogP contribution >= 0.6 is 47.5 Å². The molecule has 0 saturated heterocycles. The van der Waals surface area contributed by atoms with Gasteiger partial charge < -0.3 is 21.3 Å². The van der Waals surface area contributed by atoms with Crippen molar-refractivity contribution < 1.29 is 8.78 Å². The van der Waals surface area contributed by atoms with E-state index >= 15 is 0 Å². The largest absolute Gasteiger partial charge is 0.369 e. The van der Waals surface area contributed by atoms with Gasteiger partial charge in [-0.15, -0.1) is 47.5 Å². The Morgan fingerprint density at radius 3 is 1.45 bits per heavy atom. The number of aryl methyl sites for hydroxylation is 4. The number of anilines is 2. The molecule has 8 rings (SSSR count). The van der Waals surface area contributed by atoms with Crippen LogP contribution in [0.2, 0.25) is 0 Å². The van der Waals surface area contributed by atoms with E-state index in [2.05, 4.69) is 55.1 Å². The lowest BCUT2D eigenvalue weighted by Crippen LogP contribution is -2.22. The first-order valence-corrected chi connectivity index (χ1v) is 21.0. The number of rotatable bonds is 14. The van der Waals surface area contributed by atoms with E-state index in [0.717, 1.165) is 84.3 Å². The molecule has 14 heteroatoms. The van der Waals surface area contributed by atoms with Crippen molar-refractivity contribution in [2.24, 2.45) is 0 Å².